The molecule has 0 aromatic carbocycles. The third-order valence-electron chi connectivity index (χ3n) is 2.54. The van der Waals surface area contributed by atoms with E-state index in [0.717, 1.165) is 10.4 Å². The highest BCUT2D eigenvalue weighted by atomic mass is 32.1. The molecular formula is C11H11N7S. The zero-order valence-corrected chi connectivity index (χ0v) is 11.2. The Labute approximate surface area is 113 Å². The molecule has 0 aliphatic carbocycles. The van der Waals surface area contributed by atoms with Gasteiger partial charge in [0.15, 0.2) is 5.82 Å². The number of aromatic nitrogens is 6. The molecule has 3 heterocycles. The first-order valence-corrected chi connectivity index (χ1v) is 6.49. The van der Waals surface area contributed by atoms with Crippen molar-refractivity contribution in [1.29, 1.82) is 0 Å². The average Bonchev–Trinajstić information content (AvgIpc) is 3.09. The lowest BCUT2D eigenvalue weighted by molar-refractivity contribution is 0.798. The Morgan fingerprint density at radius 1 is 1.26 bits per heavy atom. The van der Waals surface area contributed by atoms with Gasteiger partial charge in [0.05, 0.1) is 4.88 Å². The summed E-state index contributed by atoms with van der Waals surface area (Å²) in [4.78, 5) is 18.0. The van der Waals surface area contributed by atoms with Crippen LogP contribution in [0.15, 0.2) is 24.1 Å². The average molecular weight is 273 g/mol. The maximum atomic E-state index is 4.44. The summed E-state index contributed by atoms with van der Waals surface area (Å²) in [5.74, 6) is 1.58. The second-order valence-electron chi connectivity index (χ2n) is 3.81. The van der Waals surface area contributed by atoms with Gasteiger partial charge in [0, 0.05) is 7.05 Å². The lowest BCUT2D eigenvalue weighted by Gasteiger charge is -2.05. The summed E-state index contributed by atoms with van der Waals surface area (Å²) < 4.78 is 1.51. The number of nitrogens with one attached hydrogen (secondary N) is 1. The molecule has 0 bridgehead atoms. The quantitative estimate of drug-likeness (QED) is 0.779. The Bertz CT molecular complexity index is 689. The molecule has 0 amide bonds. The molecule has 0 aliphatic rings. The number of aryl methyl sites for hydroxylation is 1. The Morgan fingerprint density at radius 3 is 2.79 bits per heavy atom. The molecule has 1 N–H and O–H groups in total. The molecule has 96 valence electrons. The first-order valence-electron chi connectivity index (χ1n) is 5.61. The van der Waals surface area contributed by atoms with Crippen molar-refractivity contribution in [3.8, 4) is 16.6 Å². The van der Waals surface area contributed by atoms with Crippen LogP contribution in [0.5, 0.6) is 0 Å². The van der Waals surface area contributed by atoms with Crippen LogP contribution in [0.4, 0.5) is 5.95 Å². The molecule has 0 unspecified atom stereocenters. The van der Waals surface area contributed by atoms with Crippen LogP contribution < -0.4 is 5.32 Å². The van der Waals surface area contributed by atoms with Crippen molar-refractivity contribution in [2.24, 2.45) is 0 Å². The van der Waals surface area contributed by atoms with Crippen molar-refractivity contribution in [3.63, 3.8) is 0 Å². The van der Waals surface area contributed by atoms with Gasteiger partial charge in [-0.05, 0) is 23.9 Å². The first-order chi connectivity index (χ1) is 9.28. The molecule has 0 atom stereocenters. The minimum absolute atomic E-state index is 0.444. The lowest BCUT2D eigenvalue weighted by atomic mass is 10.3. The van der Waals surface area contributed by atoms with E-state index in [-0.39, 0.29) is 0 Å². The highest BCUT2D eigenvalue weighted by Gasteiger charge is 2.12. The molecule has 0 spiro atoms. The fraction of sp³-hybridized carbons (Fsp3) is 0.182. The van der Waals surface area contributed by atoms with Gasteiger partial charge < -0.3 is 5.32 Å². The molecule has 3 aromatic heterocycles. The fourth-order valence-electron chi connectivity index (χ4n) is 1.59. The van der Waals surface area contributed by atoms with Gasteiger partial charge in [-0.15, -0.1) is 11.3 Å². The maximum Gasteiger partial charge on any atom is 0.257 e. The van der Waals surface area contributed by atoms with Crippen LogP contribution in [0, 0.1) is 6.92 Å². The van der Waals surface area contributed by atoms with Crippen molar-refractivity contribution < 1.29 is 0 Å². The van der Waals surface area contributed by atoms with Crippen LogP contribution in [0.25, 0.3) is 16.6 Å². The SMILES string of the molecule is CNc1nc(-c2sccc2C)nc(-n2cncn2)n1. The van der Waals surface area contributed by atoms with Crippen molar-refractivity contribution in [2.75, 3.05) is 12.4 Å². The molecule has 3 aromatic rings. The Balaban J connectivity index is 2.16. The summed E-state index contributed by atoms with van der Waals surface area (Å²) in [6.07, 6.45) is 3.00. The highest BCUT2D eigenvalue weighted by Crippen LogP contribution is 2.26. The molecular weight excluding hydrogens is 262 g/mol. The molecule has 19 heavy (non-hydrogen) atoms. The number of nitrogens with zero attached hydrogens (tertiary/aromatic N) is 6. The summed E-state index contributed by atoms with van der Waals surface area (Å²) >= 11 is 1.60. The number of hydrogen-bond acceptors (Lipinski definition) is 7. The van der Waals surface area contributed by atoms with E-state index < -0.39 is 0 Å². The van der Waals surface area contributed by atoms with Crippen molar-refractivity contribution >= 4 is 17.3 Å². The molecule has 0 saturated carbocycles. The summed E-state index contributed by atoms with van der Waals surface area (Å²) in [5, 5.41) is 8.98. The van der Waals surface area contributed by atoms with Gasteiger partial charge >= 0.3 is 0 Å². The second kappa shape index (κ2) is 4.73. The lowest BCUT2D eigenvalue weighted by Crippen LogP contribution is -2.08. The second-order valence-corrected chi connectivity index (χ2v) is 4.72. The van der Waals surface area contributed by atoms with E-state index >= 15 is 0 Å². The van der Waals surface area contributed by atoms with Gasteiger partial charge in [0.2, 0.25) is 5.95 Å². The zero-order chi connectivity index (χ0) is 13.2. The number of hydrogen-bond donors (Lipinski definition) is 1. The summed E-state index contributed by atoms with van der Waals surface area (Å²) in [7, 11) is 1.77. The van der Waals surface area contributed by atoms with Crippen LogP contribution in [-0.4, -0.2) is 36.8 Å². The molecule has 0 fully saturated rings. The van der Waals surface area contributed by atoms with Crippen molar-refractivity contribution in [1.82, 2.24) is 29.7 Å². The van der Waals surface area contributed by atoms with Gasteiger partial charge in [-0.3, -0.25) is 0 Å². The van der Waals surface area contributed by atoms with Gasteiger partial charge in [0.25, 0.3) is 5.95 Å². The van der Waals surface area contributed by atoms with E-state index in [1.807, 2.05) is 18.4 Å². The van der Waals surface area contributed by atoms with Gasteiger partial charge in [0.1, 0.15) is 12.7 Å². The van der Waals surface area contributed by atoms with Crippen LogP contribution in [0.2, 0.25) is 0 Å². The summed E-state index contributed by atoms with van der Waals surface area (Å²) in [6, 6.07) is 2.04. The predicted octanol–water partition coefficient (Wildman–Crippen LogP) is 1.53. The van der Waals surface area contributed by atoms with Crippen molar-refractivity contribution in [2.45, 2.75) is 6.92 Å². The molecule has 7 nitrogen and oxygen atoms in total. The molecule has 0 saturated heterocycles. The largest absolute Gasteiger partial charge is 0.357 e. The first kappa shape index (κ1) is 11.7. The molecule has 8 heteroatoms. The highest BCUT2D eigenvalue weighted by molar-refractivity contribution is 7.13. The third kappa shape index (κ3) is 2.17. The van der Waals surface area contributed by atoms with E-state index in [1.165, 1.54) is 11.0 Å². The van der Waals surface area contributed by atoms with E-state index in [2.05, 4.69) is 30.4 Å². The van der Waals surface area contributed by atoms with Crippen LogP contribution in [-0.2, 0) is 0 Å². The predicted molar refractivity (Wildman–Crippen MR) is 72.3 cm³/mol. The molecule has 0 radical (unpaired) electrons. The molecule has 3 rings (SSSR count). The standard InChI is InChI=1S/C11H11N7S/c1-7-3-4-19-8(7)9-15-10(12-2)17-11(16-9)18-6-13-5-14-18/h3-6H,1-2H3,(H,12,15,16,17). The van der Waals surface area contributed by atoms with Crippen LogP contribution in [0.3, 0.4) is 0 Å². The van der Waals surface area contributed by atoms with Gasteiger partial charge in [-0.25, -0.2) is 4.98 Å². The van der Waals surface area contributed by atoms with Gasteiger partial charge in [-0.2, -0.15) is 24.7 Å². The zero-order valence-electron chi connectivity index (χ0n) is 10.4. The van der Waals surface area contributed by atoms with Crippen molar-refractivity contribution in [3.05, 3.63) is 29.7 Å². The molecule has 0 aliphatic heterocycles. The van der Waals surface area contributed by atoms with Crippen LogP contribution in [0.1, 0.15) is 5.56 Å². The number of thiophene rings is 1. The minimum atomic E-state index is 0.444. The smallest absolute Gasteiger partial charge is 0.257 e. The minimum Gasteiger partial charge on any atom is -0.357 e. The van der Waals surface area contributed by atoms with Gasteiger partial charge in [-0.1, -0.05) is 0 Å². The Morgan fingerprint density at radius 2 is 2.16 bits per heavy atom. The van der Waals surface area contributed by atoms with E-state index in [9.17, 15) is 0 Å². The summed E-state index contributed by atoms with van der Waals surface area (Å²) in [6.45, 7) is 2.03. The normalized spacial score (nSPS) is 10.6. The Hall–Kier alpha value is -2.35. The Kier molecular flexibility index (Phi) is 2.92. The monoisotopic (exact) mass is 273 g/mol. The number of rotatable bonds is 3. The summed E-state index contributed by atoms with van der Waals surface area (Å²) in [5.41, 5.74) is 1.14. The van der Waals surface area contributed by atoms with Crippen LogP contribution >= 0.6 is 11.3 Å². The maximum absolute atomic E-state index is 4.44. The number of anilines is 1. The topological polar surface area (TPSA) is 81.4 Å². The fourth-order valence-corrected chi connectivity index (χ4v) is 2.45. The van der Waals surface area contributed by atoms with E-state index in [4.69, 9.17) is 0 Å². The van der Waals surface area contributed by atoms with E-state index in [1.54, 1.807) is 24.7 Å². The third-order valence-corrected chi connectivity index (χ3v) is 3.55. The van der Waals surface area contributed by atoms with E-state index in [0.29, 0.717) is 17.7 Å².